The van der Waals surface area contributed by atoms with Gasteiger partial charge in [-0.2, -0.15) is 5.10 Å². The van der Waals surface area contributed by atoms with Crippen LogP contribution in [0, 0.1) is 0 Å². The summed E-state index contributed by atoms with van der Waals surface area (Å²) in [6.45, 7) is 2.72. The first kappa shape index (κ1) is 15.6. The summed E-state index contributed by atoms with van der Waals surface area (Å²) in [4.78, 5) is 26.8. The Balaban J connectivity index is 1.70. The van der Waals surface area contributed by atoms with Gasteiger partial charge in [-0.05, 0) is 24.1 Å². The lowest BCUT2D eigenvalue weighted by molar-refractivity contribution is 0.0684. The first-order chi connectivity index (χ1) is 12.3. The highest BCUT2D eigenvalue weighted by molar-refractivity contribution is 5.93. The third kappa shape index (κ3) is 2.82. The molecule has 25 heavy (non-hydrogen) atoms. The van der Waals surface area contributed by atoms with Crippen LogP contribution in [0.15, 0.2) is 36.9 Å². The number of aromatic nitrogens is 5. The Labute approximate surface area is 145 Å². The smallest absolute Gasteiger partial charge is 0.275 e. The van der Waals surface area contributed by atoms with Gasteiger partial charge in [0.2, 0.25) is 0 Å². The third-order valence-electron chi connectivity index (χ3n) is 4.56. The number of imidazole rings is 1. The van der Waals surface area contributed by atoms with Crippen LogP contribution in [0.25, 0.3) is 0 Å². The van der Waals surface area contributed by atoms with E-state index in [1.165, 1.54) is 0 Å². The molecule has 4 rings (SSSR count). The van der Waals surface area contributed by atoms with Gasteiger partial charge in [0, 0.05) is 36.7 Å². The van der Waals surface area contributed by atoms with Gasteiger partial charge in [-0.3, -0.25) is 14.9 Å². The van der Waals surface area contributed by atoms with E-state index in [0.29, 0.717) is 12.2 Å². The van der Waals surface area contributed by atoms with Crippen LogP contribution in [0.3, 0.4) is 0 Å². The number of carbonyl (C=O) groups is 1. The zero-order chi connectivity index (χ0) is 17.2. The molecule has 0 unspecified atom stereocenters. The van der Waals surface area contributed by atoms with Gasteiger partial charge >= 0.3 is 0 Å². The van der Waals surface area contributed by atoms with Crippen LogP contribution in [0.1, 0.15) is 52.5 Å². The molecule has 0 saturated heterocycles. The number of aromatic amines is 2. The van der Waals surface area contributed by atoms with Crippen LogP contribution >= 0.6 is 0 Å². The third-order valence-corrected chi connectivity index (χ3v) is 4.56. The Bertz CT molecular complexity index is 869. The fraction of sp³-hybridized carbons (Fsp3) is 0.333. The maximum atomic E-state index is 13.1. The molecule has 1 amide bonds. The molecule has 0 radical (unpaired) electrons. The zero-order valence-electron chi connectivity index (χ0n) is 14.1. The number of hydrogen-bond acceptors (Lipinski definition) is 4. The number of H-pyrrole nitrogens is 2. The van der Waals surface area contributed by atoms with E-state index in [2.05, 4.69) is 32.1 Å². The van der Waals surface area contributed by atoms with E-state index in [1.54, 1.807) is 18.7 Å². The maximum Gasteiger partial charge on any atom is 0.275 e. The molecule has 3 aromatic rings. The number of rotatable bonds is 4. The molecule has 1 atom stereocenters. The second-order valence-corrected chi connectivity index (χ2v) is 6.23. The van der Waals surface area contributed by atoms with Gasteiger partial charge in [-0.1, -0.05) is 19.4 Å². The van der Waals surface area contributed by atoms with Crippen molar-refractivity contribution < 1.29 is 4.79 Å². The number of amides is 1. The first-order valence-corrected chi connectivity index (χ1v) is 8.55. The van der Waals surface area contributed by atoms with E-state index >= 15 is 0 Å². The fourth-order valence-electron chi connectivity index (χ4n) is 3.39. The van der Waals surface area contributed by atoms with Gasteiger partial charge in [0.05, 0.1) is 12.0 Å². The molecule has 0 spiro atoms. The molecule has 2 N–H and O–H groups in total. The zero-order valence-corrected chi connectivity index (χ0v) is 14.1. The van der Waals surface area contributed by atoms with Crippen molar-refractivity contribution >= 4 is 5.91 Å². The van der Waals surface area contributed by atoms with Gasteiger partial charge < -0.3 is 9.88 Å². The Hall–Kier alpha value is -2.96. The van der Waals surface area contributed by atoms with Crippen LogP contribution in [0.2, 0.25) is 0 Å². The second kappa shape index (κ2) is 6.51. The molecule has 7 nitrogen and oxygen atoms in total. The summed E-state index contributed by atoms with van der Waals surface area (Å²) in [7, 11) is 0. The minimum Gasteiger partial charge on any atom is -0.348 e. The van der Waals surface area contributed by atoms with Crippen LogP contribution in [0.4, 0.5) is 0 Å². The normalized spacial score (nSPS) is 16.7. The first-order valence-electron chi connectivity index (χ1n) is 8.55. The van der Waals surface area contributed by atoms with Crippen molar-refractivity contribution in [2.24, 2.45) is 0 Å². The lowest BCUT2D eigenvalue weighted by Gasteiger charge is -2.34. The maximum absolute atomic E-state index is 13.1. The van der Waals surface area contributed by atoms with Crippen molar-refractivity contribution in [2.45, 2.75) is 32.2 Å². The van der Waals surface area contributed by atoms with Crippen molar-refractivity contribution in [3.05, 3.63) is 65.3 Å². The number of hydrogen-bond donors (Lipinski definition) is 2. The van der Waals surface area contributed by atoms with Crippen molar-refractivity contribution in [3.63, 3.8) is 0 Å². The summed E-state index contributed by atoms with van der Waals surface area (Å²) in [6, 6.07) is 5.47. The quantitative estimate of drug-likeness (QED) is 0.765. The van der Waals surface area contributed by atoms with Crippen LogP contribution in [-0.2, 0) is 12.8 Å². The summed E-state index contributed by atoms with van der Waals surface area (Å²) < 4.78 is 0. The number of nitrogens with one attached hydrogen (secondary N) is 2. The minimum atomic E-state index is -0.248. The Kier molecular flexibility index (Phi) is 4.05. The van der Waals surface area contributed by atoms with Crippen LogP contribution in [-0.4, -0.2) is 42.5 Å². The van der Waals surface area contributed by atoms with E-state index in [1.807, 2.05) is 23.1 Å². The number of aryl methyl sites for hydroxylation is 1. The van der Waals surface area contributed by atoms with Crippen molar-refractivity contribution in [1.82, 2.24) is 30.0 Å². The molecule has 1 aliphatic heterocycles. The van der Waals surface area contributed by atoms with Gasteiger partial charge in [0.25, 0.3) is 5.91 Å². The molecule has 128 valence electrons. The molecule has 0 saturated carbocycles. The van der Waals surface area contributed by atoms with Crippen LogP contribution < -0.4 is 0 Å². The Morgan fingerprint density at radius 1 is 1.44 bits per heavy atom. The number of carbonyl (C=O) groups excluding carboxylic acids is 1. The molecule has 0 bridgehead atoms. The van der Waals surface area contributed by atoms with Crippen molar-refractivity contribution in [2.75, 3.05) is 6.54 Å². The lowest BCUT2D eigenvalue weighted by Crippen LogP contribution is -2.41. The van der Waals surface area contributed by atoms with Crippen molar-refractivity contribution in [1.29, 1.82) is 0 Å². The second-order valence-electron chi connectivity index (χ2n) is 6.23. The lowest BCUT2D eigenvalue weighted by atomic mass is 9.96. The molecule has 3 aromatic heterocycles. The van der Waals surface area contributed by atoms with E-state index in [-0.39, 0.29) is 11.9 Å². The standard InChI is InChI=1S/C18H20N6O/c1-2-4-13-9-15(23-22-13)18(25)24-8-6-14-16(21-11-20-14)17(24)12-5-3-7-19-10-12/h3,5,7,9-11,17H,2,4,6,8H2,1H3,(H,20,21)(H,22,23)/t17-/m1/s1. The summed E-state index contributed by atoms with van der Waals surface area (Å²) in [5.41, 5.74) is 4.36. The van der Waals surface area contributed by atoms with Crippen molar-refractivity contribution in [3.8, 4) is 0 Å². The number of fused-ring (bicyclic) bond motifs is 1. The fourth-order valence-corrected chi connectivity index (χ4v) is 3.39. The van der Waals surface area contributed by atoms with Gasteiger partial charge in [0.15, 0.2) is 0 Å². The van der Waals surface area contributed by atoms with Gasteiger partial charge in [-0.15, -0.1) is 0 Å². The predicted octanol–water partition coefficient (Wildman–Crippen LogP) is 2.27. The molecule has 0 aromatic carbocycles. The van der Waals surface area contributed by atoms with Gasteiger partial charge in [0.1, 0.15) is 11.7 Å². The number of nitrogens with zero attached hydrogens (tertiary/aromatic N) is 4. The Morgan fingerprint density at radius 3 is 3.16 bits per heavy atom. The van der Waals surface area contributed by atoms with E-state index < -0.39 is 0 Å². The highest BCUT2D eigenvalue weighted by Gasteiger charge is 2.35. The molecule has 0 aliphatic carbocycles. The van der Waals surface area contributed by atoms with E-state index in [0.717, 1.165) is 41.9 Å². The molecule has 1 aliphatic rings. The highest BCUT2D eigenvalue weighted by atomic mass is 16.2. The van der Waals surface area contributed by atoms with Gasteiger partial charge in [-0.25, -0.2) is 4.98 Å². The minimum absolute atomic E-state index is 0.0823. The molecular weight excluding hydrogens is 316 g/mol. The molecule has 7 heteroatoms. The summed E-state index contributed by atoms with van der Waals surface area (Å²) in [5.74, 6) is -0.0823. The topological polar surface area (TPSA) is 90.6 Å². The highest BCUT2D eigenvalue weighted by Crippen LogP contribution is 2.33. The summed E-state index contributed by atoms with van der Waals surface area (Å²) in [6.07, 6.45) is 7.86. The summed E-state index contributed by atoms with van der Waals surface area (Å²) >= 11 is 0. The molecule has 4 heterocycles. The summed E-state index contributed by atoms with van der Waals surface area (Å²) in [5, 5.41) is 7.19. The Morgan fingerprint density at radius 2 is 2.36 bits per heavy atom. The average Bonchev–Trinajstić information content (AvgIpc) is 3.30. The average molecular weight is 336 g/mol. The SMILES string of the molecule is CCCc1cc(C(=O)N2CCc3[nH]cnc3[C@H]2c2cccnc2)n[nH]1. The monoisotopic (exact) mass is 336 g/mol. The predicted molar refractivity (Wildman–Crippen MR) is 92.0 cm³/mol. The molecule has 0 fully saturated rings. The van der Waals surface area contributed by atoms with E-state index in [9.17, 15) is 4.79 Å². The molecular formula is C18H20N6O. The van der Waals surface area contributed by atoms with Crippen LogP contribution in [0.5, 0.6) is 0 Å². The number of pyridine rings is 1. The largest absolute Gasteiger partial charge is 0.348 e. The van der Waals surface area contributed by atoms with E-state index in [4.69, 9.17) is 0 Å².